The number of ether oxygens (including phenoxy) is 3. The summed E-state index contributed by atoms with van der Waals surface area (Å²) in [6.45, 7) is 2.77. The Labute approximate surface area is 112 Å². The van der Waals surface area contributed by atoms with Gasteiger partial charge in [0.25, 0.3) is 0 Å². The minimum atomic E-state index is -0.364. The zero-order chi connectivity index (χ0) is 13.7. The van der Waals surface area contributed by atoms with Gasteiger partial charge in [0.1, 0.15) is 18.0 Å². The molecule has 6 nitrogen and oxygen atoms in total. The maximum atomic E-state index is 11.8. The molecule has 1 fully saturated rings. The Hall–Kier alpha value is -1.40. The number of hydrogen-bond donors (Lipinski definition) is 0. The van der Waals surface area contributed by atoms with E-state index in [-0.39, 0.29) is 5.97 Å². The molecule has 0 radical (unpaired) electrons. The van der Waals surface area contributed by atoms with Crippen LogP contribution < -0.4 is 0 Å². The fraction of sp³-hybridized carbons (Fsp3) is 0.692. The molecule has 0 amide bonds. The molecule has 1 aromatic heterocycles. The molecule has 0 unspecified atom stereocenters. The predicted molar refractivity (Wildman–Crippen MR) is 67.6 cm³/mol. The van der Waals surface area contributed by atoms with Gasteiger partial charge >= 0.3 is 5.97 Å². The van der Waals surface area contributed by atoms with E-state index in [1.165, 1.54) is 6.42 Å². The van der Waals surface area contributed by atoms with Gasteiger partial charge in [-0.2, -0.15) is 5.10 Å². The van der Waals surface area contributed by atoms with Crippen LogP contribution in [0, 0.1) is 0 Å². The normalized spacial score (nSPS) is 15.3. The third-order valence-electron chi connectivity index (χ3n) is 3.10. The van der Waals surface area contributed by atoms with Gasteiger partial charge in [0.15, 0.2) is 0 Å². The standard InChI is InChI=1S/C13H20N2O4/c1-3-18-13(16)11-7-15(9-17-2)14-12(11)8-19-10-5-4-6-10/h7,10H,3-6,8-9H2,1-2H3. The highest BCUT2D eigenvalue weighted by Crippen LogP contribution is 2.23. The van der Waals surface area contributed by atoms with Crippen molar-refractivity contribution in [3.05, 3.63) is 17.5 Å². The SMILES string of the molecule is CCOC(=O)c1cn(COC)nc1COC1CCC1. The second-order valence-corrected chi connectivity index (χ2v) is 4.53. The van der Waals surface area contributed by atoms with Gasteiger partial charge in [-0.05, 0) is 26.2 Å². The van der Waals surface area contributed by atoms with Gasteiger partial charge in [0.2, 0.25) is 0 Å². The number of esters is 1. The van der Waals surface area contributed by atoms with Crippen LogP contribution in [0.1, 0.15) is 42.2 Å². The number of hydrogen-bond acceptors (Lipinski definition) is 5. The Morgan fingerprint density at radius 3 is 2.89 bits per heavy atom. The first-order chi connectivity index (χ1) is 9.24. The fourth-order valence-corrected chi connectivity index (χ4v) is 1.88. The van der Waals surface area contributed by atoms with E-state index in [1.54, 1.807) is 24.9 Å². The van der Waals surface area contributed by atoms with Crippen molar-refractivity contribution in [1.82, 2.24) is 9.78 Å². The van der Waals surface area contributed by atoms with Crippen LogP contribution in [-0.2, 0) is 27.5 Å². The number of methoxy groups -OCH3 is 1. The van der Waals surface area contributed by atoms with Crippen molar-refractivity contribution in [2.24, 2.45) is 0 Å². The van der Waals surface area contributed by atoms with Crippen LogP contribution in [0.3, 0.4) is 0 Å². The fourth-order valence-electron chi connectivity index (χ4n) is 1.88. The molecule has 0 bridgehead atoms. The van der Waals surface area contributed by atoms with Crippen molar-refractivity contribution < 1.29 is 19.0 Å². The highest BCUT2D eigenvalue weighted by Gasteiger charge is 2.22. The lowest BCUT2D eigenvalue weighted by molar-refractivity contribution is -0.0111. The molecule has 1 aliphatic rings. The lowest BCUT2D eigenvalue weighted by atomic mass is 9.96. The predicted octanol–water partition coefficient (Wildman–Crippen LogP) is 1.73. The minimum absolute atomic E-state index is 0.301. The molecular weight excluding hydrogens is 248 g/mol. The summed E-state index contributed by atoms with van der Waals surface area (Å²) in [7, 11) is 1.58. The van der Waals surface area contributed by atoms with E-state index < -0.39 is 0 Å². The van der Waals surface area contributed by atoms with Crippen LogP contribution in [0.5, 0.6) is 0 Å². The van der Waals surface area contributed by atoms with Gasteiger partial charge in [-0.1, -0.05) is 0 Å². The van der Waals surface area contributed by atoms with Crippen molar-refractivity contribution in [2.45, 2.75) is 45.6 Å². The number of nitrogens with zero attached hydrogens (tertiary/aromatic N) is 2. The monoisotopic (exact) mass is 268 g/mol. The van der Waals surface area contributed by atoms with Crippen LogP contribution in [0.25, 0.3) is 0 Å². The van der Waals surface area contributed by atoms with Crippen molar-refractivity contribution in [3.8, 4) is 0 Å². The van der Waals surface area contributed by atoms with E-state index in [0.29, 0.717) is 37.3 Å². The minimum Gasteiger partial charge on any atom is -0.462 e. The quantitative estimate of drug-likeness (QED) is 0.705. The first-order valence-corrected chi connectivity index (χ1v) is 6.58. The number of rotatable bonds is 7. The third kappa shape index (κ3) is 3.54. The maximum absolute atomic E-state index is 11.8. The van der Waals surface area contributed by atoms with E-state index in [9.17, 15) is 4.79 Å². The molecule has 1 aromatic rings. The molecule has 106 valence electrons. The topological polar surface area (TPSA) is 62.6 Å². The Bertz CT molecular complexity index is 426. The van der Waals surface area contributed by atoms with E-state index in [1.807, 2.05) is 0 Å². The first kappa shape index (κ1) is 14.0. The molecule has 0 saturated heterocycles. The van der Waals surface area contributed by atoms with Crippen LogP contribution >= 0.6 is 0 Å². The second-order valence-electron chi connectivity index (χ2n) is 4.53. The Balaban J connectivity index is 2.05. The summed E-state index contributed by atoms with van der Waals surface area (Å²) in [5.74, 6) is -0.364. The van der Waals surface area contributed by atoms with Crippen LogP contribution in [0.4, 0.5) is 0 Å². The third-order valence-corrected chi connectivity index (χ3v) is 3.10. The van der Waals surface area contributed by atoms with E-state index in [4.69, 9.17) is 14.2 Å². The van der Waals surface area contributed by atoms with Crippen molar-refractivity contribution in [2.75, 3.05) is 13.7 Å². The summed E-state index contributed by atoms with van der Waals surface area (Å²) in [4.78, 5) is 11.8. The molecule has 6 heteroatoms. The summed E-state index contributed by atoms with van der Waals surface area (Å²) in [5, 5.41) is 4.30. The molecule has 0 aromatic carbocycles. The number of aromatic nitrogens is 2. The van der Waals surface area contributed by atoms with Gasteiger partial charge in [-0.25, -0.2) is 9.48 Å². The molecule has 19 heavy (non-hydrogen) atoms. The van der Waals surface area contributed by atoms with Gasteiger partial charge in [-0.15, -0.1) is 0 Å². The van der Waals surface area contributed by atoms with Crippen LogP contribution in [0.2, 0.25) is 0 Å². The van der Waals surface area contributed by atoms with Crippen molar-refractivity contribution in [3.63, 3.8) is 0 Å². The number of carbonyl (C=O) groups excluding carboxylic acids is 1. The molecule has 1 heterocycles. The van der Waals surface area contributed by atoms with Gasteiger partial charge in [0.05, 0.1) is 19.3 Å². The molecule has 2 rings (SSSR count). The summed E-state index contributed by atoms with van der Waals surface area (Å²) >= 11 is 0. The second kappa shape index (κ2) is 6.68. The average molecular weight is 268 g/mol. The van der Waals surface area contributed by atoms with Crippen molar-refractivity contribution in [1.29, 1.82) is 0 Å². The molecule has 1 saturated carbocycles. The van der Waals surface area contributed by atoms with E-state index in [0.717, 1.165) is 12.8 Å². The number of carbonyl (C=O) groups is 1. The summed E-state index contributed by atoms with van der Waals surface area (Å²) < 4.78 is 17.3. The van der Waals surface area contributed by atoms with Gasteiger partial charge < -0.3 is 14.2 Å². The molecule has 1 aliphatic carbocycles. The molecular formula is C13H20N2O4. The molecule has 0 aliphatic heterocycles. The molecule has 0 N–H and O–H groups in total. The summed E-state index contributed by atoms with van der Waals surface area (Å²) in [5.41, 5.74) is 1.07. The van der Waals surface area contributed by atoms with Crippen LogP contribution in [0.15, 0.2) is 6.20 Å². The van der Waals surface area contributed by atoms with Crippen molar-refractivity contribution >= 4 is 5.97 Å². The van der Waals surface area contributed by atoms with Gasteiger partial charge in [-0.3, -0.25) is 0 Å². The average Bonchev–Trinajstić information content (AvgIpc) is 2.71. The maximum Gasteiger partial charge on any atom is 0.341 e. The summed E-state index contributed by atoms with van der Waals surface area (Å²) in [6.07, 6.45) is 5.35. The molecule has 0 atom stereocenters. The lowest BCUT2D eigenvalue weighted by Crippen LogP contribution is -2.22. The smallest absolute Gasteiger partial charge is 0.341 e. The Kier molecular flexibility index (Phi) is 4.93. The first-order valence-electron chi connectivity index (χ1n) is 6.58. The highest BCUT2D eigenvalue weighted by molar-refractivity contribution is 5.90. The summed E-state index contributed by atoms with van der Waals surface area (Å²) in [6, 6.07) is 0. The van der Waals surface area contributed by atoms with Gasteiger partial charge in [0, 0.05) is 13.3 Å². The molecule has 0 spiro atoms. The largest absolute Gasteiger partial charge is 0.462 e. The zero-order valence-corrected chi connectivity index (χ0v) is 11.4. The highest BCUT2D eigenvalue weighted by atomic mass is 16.5. The Morgan fingerprint density at radius 2 is 2.32 bits per heavy atom. The lowest BCUT2D eigenvalue weighted by Gasteiger charge is -2.25. The van der Waals surface area contributed by atoms with E-state index >= 15 is 0 Å². The zero-order valence-electron chi connectivity index (χ0n) is 11.4. The Morgan fingerprint density at radius 1 is 1.53 bits per heavy atom. The van der Waals surface area contributed by atoms with E-state index in [2.05, 4.69) is 5.10 Å². The van der Waals surface area contributed by atoms with Crippen LogP contribution in [-0.4, -0.2) is 35.6 Å².